The normalized spacial score (nSPS) is 17.1. The van der Waals surface area contributed by atoms with Gasteiger partial charge in [-0.05, 0) is 70.9 Å². The lowest BCUT2D eigenvalue weighted by atomic mass is 10.1. The number of aromatic nitrogens is 1. The van der Waals surface area contributed by atoms with Crippen molar-refractivity contribution < 1.29 is 13.2 Å². The van der Waals surface area contributed by atoms with Crippen LogP contribution in [0.3, 0.4) is 0 Å². The molecule has 30 heavy (non-hydrogen) atoms. The molecule has 0 radical (unpaired) electrons. The third kappa shape index (κ3) is 4.37. The Morgan fingerprint density at radius 1 is 1.20 bits per heavy atom. The van der Waals surface area contributed by atoms with E-state index in [1.165, 1.54) is 4.31 Å². The summed E-state index contributed by atoms with van der Waals surface area (Å²) in [6, 6.07) is 14.3. The highest BCUT2D eigenvalue weighted by Gasteiger charge is 2.31. The van der Waals surface area contributed by atoms with E-state index in [1.54, 1.807) is 30.3 Å². The molecule has 0 aliphatic carbocycles. The van der Waals surface area contributed by atoms with Crippen LogP contribution in [-0.4, -0.2) is 37.0 Å². The lowest BCUT2D eigenvalue weighted by Crippen LogP contribution is -2.38. The maximum atomic E-state index is 13.5. The molecule has 1 aromatic heterocycles. The Hall–Kier alpha value is -2.00. The fourth-order valence-corrected chi connectivity index (χ4v) is 6.14. The number of nitrogens with one attached hydrogen (secondary N) is 1. The van der Waals surface area contributed by atoms with E-state index in [2.05, 4.69) is 20.9 Å². The zero-order valence-corrected chi connectivity index (χ0v) is 19.0. The predicted octanol–water partition coefficient (Wildman–Crippen LogP) is 3.97. The van der Waals surface area contributed by atoms with Crippen LogP contribution < -0.4 is 5.56 Å². The van der Waals surface area contributed by atoms with Crippen LogP contribution in [0.2, 0.25) is 0 Å². The minimum atomic E-state index is -3.84. The van der Waals surface area contributed by atoms with Crippen molar-refractivity contribution in [1.29, 1.82) is 0 Å². The first-order valence-corrected chi connectivity index (χ1v) is 12.1. The van der Waals surface area contributed by atoms with Gasteiger partial charge in [-0.3, -0.25) is 4.79 Å². The number of halogens is 1. The highest BCUT2D eigenvalue weighted by Crippen LogP contribution is 2.27. The van der Waals surface area contributed by atoms with Gasteiger partial charge in [0.15, 0.2) is 0 Å². The van der Waals surface area contributed by atoms with Crippen LogP contribution >= 0.6 is 15.9 Å². The van der Waals surface area contributed by atoms with E-state index in [0.717, 1.165) is 29.3 Å². The molecule has 4 rings (SSSR count). The minimum absolute atomic E-state index is 0.0251. The van der Waals surface area contributed by atoms with Gasteiger partial charge in [-0.2, -0.15) is 4.31 Å². The summed E-state index contributed by atoms with van der Waals surface area (Å²) in [5.74, 6) is 0. The molecule has 2 heterocycles. The lowest BCUT2D eigenvalue weighted by Gasteiger charge is -2.25. The van der Waals surface area contributed by atoms with Gasteiger partial charge in [-0.25, -0.2) is 8.42 Å². The maximum absolute atomic E-state index is 13.5. The summed E-state index contributed by atoms with van der Waals surface area (Å²) in [6.07, 6.45) is 1.53. The average Bonchev–Trinajstić information content (AvgIpc) is 3.21. The van der Waals surface area contributed by atoms with Crippen molar-refractivity contribution in [1.82, 2.24) is 9.29 Å². The van der Waals surface area contributed by atoms with Gasteiger partial charge in [0, 0.05) is 35.2 Å². The number of H-pyrrole nitrogens is 1. The SMILES string of the molecule is Cc1ccc2cc(CN(C[C@H]3CCCO3)S(=O)(=O)c3ccccc3Br)c(=O)[nH]c2c1. The molecule has 0 saturated carbocycles. The fraction of sp³-hybridized carbons (Fsp3) is 0.318. The summed E-state index contributed by atoms with van der Waals surface area (Å²) in [7, 11) is -3.84. The van der Waals surface area contributed by atoms with Crippen molar-refractivity contribution in [3.8, 4) is 0 Å². The number of fused-ring (bicyclic) bond motifs is 1. The van der Waals surface area contributed by atoms with Crippen LogP contribution in [0.25, 0.3) is 10.9 Å². The summed E-state index contributed by atoms with van der Waals surface area (Å²) in [5, 5.41) is 0.866. The molecule has 3 aromatic rings. The molecular formula is C22H23BrN2O4S. The smallest absolute Gasteiger partial charge is 0.252 e. The van der Waals surface area contributed by atoms with Crippen LogP contribution in [0.5, 0.6) is 0 Å². The number of aryl methyl sites for hydroxylation is 1. The molecule has 6 nitrogen and oxygen atoms in total. The van der Waals surface area contributed by atoms with Crippen molar-refractivity contribution in [2.45, 2.75) is 37.3 Å². The number of hydrogen-bond donors (Lipinski definition) is 1. The Balaban J connectivity index is 1.74. The lowest BCUT2D eigenvalue weighted by molar-refractivity contribution is 0.0925. The van der Waals surface area contributed by atoms with Crippen molar-refractivity contribution in [2.75, 3.05) is 13.2 Å². The number of aromatic amines is 1. The fourth-order valence-electron chi connectivity index (χ4n) is 3.72. The first kappa shape index (κ1) is 21.2. The van der Waals surface area contributed by atoms with Crippen molar-refractivity contribution >= 4 is 36.9 Å². The summed E-state index contributed by atoms with van der Waals surface area (Å²) in [4.78, 5) is 15.8. The molecular weight excluding hydrogens is 468 g/mol. The number of hydrogen-bond acceptors (Lipinski definition) is 4. The molecule has 1 atom stereocenters. The zero-order chi connectivity index (χ0) is 21.3. The van der Waals surface area contributed by atoms with Gasteiger partial charge in [0.25, 0.3) is 5.56 Å². The summed E-state index contributed by atoms with van der Waals surface area (Å²) in [5.41, 5.74) is 1.90. The van der Waals surface area contributed by atoms with Crippen LogP contribution in [-0.2, 0) is 21.3 Å². The van der Waals surface area contributed by atoms with E-state index >= 15 is 0 Å². The predicted molar refractivity (Wildman–Crippen MR) is 120 cm³/mol. The molecule has 0 amide bonds. The molecule has 2 aromatic carbocycles. The highest BCUT2D eigenvalue weighted by molar-refractivity contribution is 9.10. The molecule has 0 unspecified atom stereocenters. The number of rotatable bonds is 6. The minimum Gasteiger partial charge on any atom is -0.377 e. The Labute approximate surface area is 184 Å². The van der Waals surface area contributed by atoms with Crippen molar-refractivity contribution in [3.63, 3.8) is 0 Å². The van der Waals surface area contributed by atoms with Gasteiger partial charge < -0.3 is 9.72 Å². The first-order chi connectivity index (χ1) is 14.3. The average molecular weight is 491 g/mol. The molecule has 158 valence electrons. The van der Waals surface area contributed by atoms with Crippen molar-refractivity contribution in [2.24, 2.45) is 0 Å². The number of nitrogens with zero attached hydrogens (tertiary/aromatic N) is 1. The van der Waals surface area contributed by atoms with Gasteiger partial charge in [-0.15, -0.1) is 0 Å². The van der Waals surface area contributed by atoms with Crippen LogP contribution in [0, 0.1) is 6.92 Å². The summed E-state index contributed by atoms with van der Waals surface area (Å²) in [6.45, 7) is 2.76. The quantitative estimate of drug-likeness (QED) is 0.566. The molecule has 1 aliphatic heterocycles. The molecule has 0 spiro atoms. The monoisotopic (exact) mass is 490 g/mol. The van der Waals surface area contributed by atoms with Crippen LogP contribution in [0.4, 0.5) is 0 Å². The molecule has 1 N–H and O–H groups in total. The Morgan fingerprint density at radius 3 is 2.73 bits per heavy atom. The second-order valence-electron chi connectivity index (χ2n) is 7.58. The topological polar surface area (TPSA) is 79.5 Å². The van der Waals surface area contributed by atoms with E-state index in [0.29, 0.717) is 16.6 Å². The second-order valence-corrected chi connectivity index (χ2v) is 10.3. The second kappa shape index (κ2) is 8.63. The molecule has 8 heteroatoms. The standard InChI is InChI=1S/C22H23BrN2O4S/c1-15-8-9-16-12-17(22(26)24-20(16)11-15)13-25(14-18-5-4-10-29-18)30(27,28)21-7-3-2-6-19(21)23/h2-3,6-9,11-12,18H,4-5,10,13-14H2,1H3,(H,24,26)/t18-/m1/s1. The van der Waals surface area contributed by atoms with E-state index in [9.17, 15) is 13.2 Å². The van der Waals surface area contributed by atoms with Gasteiger partial charge in [0.05, 0.1) is 11.0 Å². The van der Waals surface area contributed by atoms with Crippen LogP contribution in [0.15, 0.2) is 62.7 Å². The third-order valence-electron chi connectivity index (χ3n) is 5.31. The van der Waals surface area contributed by atoms with Gasteiger partial charge in [0.1, 0.15) is 0 Å². The third-order valence-corrected chi connectivity index (χ3v) is 8.13. The largest absolute Gasteiger partial charge is 0.377 e. The number of sulfonamides is 1. The molecule has 0 bridgehead atoms. The highest BCUT2D eigenvalue weighted by atomic mass is 79.9. The number of ether oxygens (including phenoxy) is 1. The van der Waals surface area contributed by atoms with Gasteiger partial charge in [0.2, 0.25) is 10.0 Å². The van der Waals surface area contributed by atoms with E-state index in [1.807, 2.05) is 25.1 Å². The molecule has 1 aliphatic rings. The molecule has 1 saturated heterocycles. The van der Waals surface area contributed by atoms with E-state index in [4.69, 9.17) is 4.74 Å². The van der Waals surface area contributed by atoms with E-state index < -0.39 is 10.0 Å². The first-order valence-electron chi connectivity index (χ1n) is 9.83. The van der Waals surface area contributed by atoms with Crippen molar-refractivity contribution in [3.05, 3.63) is 74.5 Å². The zero-order valence-electron chi connectivity index (χ0n) is 16.6. The van der Waals surface area contributed by atoms with Gasteiger partial charge >= 0.3 is 0 Å². The number of pyridine rings is 1. The Kier molecular flexibility index (Phi) is 6.11. The maximum Gasteiger partial charge on any atom is 0.252 e. The number of benzene rings is 2. The summed E-state index contributed by atoms with van der Waals surface area (Å²) < 4.78 is 34.5. The van der Waals surface area contributed by atoms with E-state index in [-0.39, 0.29) is 29.6 Å². The summed E-state index contributed by atoms with van der Waals surface area (Å²) >= 11 is 3.35. The Bertz CT molecular complexity index is 1230. The Morgan fingerprint density at radius 2 is 2.00 bits per heavy atom. The van der Waals surface area contributed by atoms with Gasteiger partial charge in [-0.1, -0.05) is 24.3 Å². The molecule has 1 fully saturated rings. The van der Waals surface area contributed by atoms with Crippen LogP contribution in [0.1, 0.15) is 24.0 Å².